The first-order valence-electron chi connectivity index (χ1n) is 10.1. The Morgan fingerprint density at radius 3 is 2.33 bits per heavy atom. The van der Waals surface area contributed by atoms with Gasteiger partial charge < -0.3 is 21.1 Å². The number of rotatable bonds is 9. The Bertz CT molecular complexity index is 1170. The molecule has 2 aromatic carbocycles. The number of anilines is 4. The van der Waals surface area contributed by atoms with Crippen LogP contribution in [0.4, 0.5) is 23.0 Å². The smallest absolute Gasteiger partial charge is 0.219 e. The Hall–Kier alpha value is -4.59. The lowest BCUT2D eigenvalue weighted by Crippen LogP contribution is -2.25. The second-order valence-corrected chi connectivity index (χ2v) is 7.09. The summed E-state index contributed by atoms with van der Waals surface area (Å²) in [4.78, 5) is 23.7. The summed E-state index contributed by atoms with van der Waals surface area (Å²) in [7, 11) is 1.81. The Balaban J connectivity index is 1.97. The number of nitrogens with zero attached hydrogens (tertiary/aromatic N) is 4. The molecule has 0 saturated carbocycles. The summed E-state index contributed by atoms with van der Waals surface area (Å²) in [6.07, 6.45) is 6.81. The Morgan fingerprint density at radius 1 is 1.06 bits per heavy atom. The van der Waals surface area contributed by atoms with E-state index in [1.54, 1.807) is 30.1 Å². The fourth-order valence-corrected chi connectivity index (χ4v) is 3.16. The SMILES string of the molecule is C=C/C=C(\C=C(/C)N)N(C=O)c1ncnc(N)c1N(C)c1ccc(Oc2ccccc2)cc1. The van der Waals surface area contributed by atoms with E-state index in [0.29, 0.717) is 35.1 Å². The lowest BCUT2D eigenvalue weighted by molar-refractivity contribution is -0.107. The van der Waals surface area contributed by atoms with Gasteiger partial charge in [0.2, 0.25) is 6.41 Å². The molecule has 0 saturated heterocycles. The second kappa shape index (κ2) is 10.6. The van der Waals surface area contributed by atoms with Gasteiger partial charge >= 0.3 is 0 Å². The number of carbonyl (C=O) groups is 1. The molecule has 0 aliphatic heterocycles. The van der Waals surface area contributed by atoms with E-state index < -0.39 is 0 Å². The van der Waals surface area contributed by atoms with Crippen LogP contribution in [0, 0.1) is 0 Å². The number of para-hydroxylation sites is 1. The van der Waals surface area contributed by atoms with Crippen molar-refractivity contribution in [1.82, 2.24) is 9.97 Å². The van der Waals surface area contributed by atoms with Crippen molar-refractivity contribution in [2.24, 2.45) is 5.73 Å². The van der Waals surface area contributed by atoms with E-state index >= 15 is 0 Å². The molecule has 3 rings (SSSR count). The van der Waals surface area contributed by atoms with Crippen molar-refractivity contribution in [1.29, 1.82) is 0 Å². The molecule has 4 N–H and O–H groups in total. The molecular weight excluding hydrogens is 416 g/mol. The zero-order valence-electron chi connectivity index (χ0n) is 18.6. The van der Waals surface area contributed by atoms with Crippen LogP contribution in [0.3, 0.4) is 0 Å². The second-order valence-electron chi connectivity index (χ2n) is 7.09. The van der Waals surface area contributed by atoms with Gasteiger partial charge in [-0.05, 0) is 55.5 Å². The summed E-state index contributed by atoms with van der Waals surface area (Å²) >= 11 is 0. The largest absolute Gasteiger partial charge is 0.457 e. The highest BCUT2D eigenvalue weighted by Crippen LogP contribution is 2.37. The molecule has 0 aliphatic rings. The average molecular weight is 443 g/mol. The van der Waals surface area contributed by atoms with E-state index in [-0.39, 0.29) is 5.82 Å². The summed E-state index contributed by atoms with van der Waals surface area (Å²) in [6, 6.07) is 17.0. The third-order valence-electron chi connectivity index (χ3n) is 4.65. The van der Waals surface area contributed by atoms with Gasteiger partial charge in [-0.2, -0.15) is 0 Å². The number of hydrogen-bond acceptors (Lipinski definition) is 7. The van der Waals surface area contributed by atoms with Crippen LogP contribution < -0.4 is 26.0 Å². The van der Waals surface area contributed by atoms with Crippen LogP contribution in [0.15, 0.2) is 97.1 Å². The monoisotopic (exact) mass is 442 g/mol. The lowest BCUT2D eigenvalue weighted by atomic mass is 10.2. The molecule has 0 fully saturated rings. The Kier molecular flexibility index (Phi) is 7.43. The Labute approximate surface area is 193 Å². The molecule has 0 radical (unpaired) electrons. The summed E-state index contributed by atoms with van der Waals surface area (Å²) in [5.74, 6) is 1.94. The van der Waals surface area contributed by atoms with Crippen LogP contribution in [0.2, 0.25) is 0 Å². The molecule has 8 heteroatoms. The van der Waals surface area contributed by atoms with E-state index in [1.165, 1.54) is 11.2 Å². The van der Waals surface area contributed by atoms with Crippen LogP contribution >= 0.6 is 0 Å². The van der Waals surface area contributed by atoms with Gasteiger partial charge in [0.1, 0.15) is 23.5 Å². The van der Waals surface area contributed by atoms with E-state index in [1.807, 2.05) is 61.6 Å². The predicted octanol–water partition coefficient (Wildman–Crippen LogP) is 4.51. The molecule has 33 heavy (non-hydrogen) atoms. The lowest BCUT2D eigenvalue weighted by Gasteiger charge is -2.27. The molecule has 168 valence electrons. The maximum absolute atomic E-state index is 12.1. The quantitative estimate of drug-likeness (QED) is 0.370. The molecule has 0 unspecified atom stereocenters. The van der Waals surface area contributed by atoms with Gasteiger partial charge in [-0.3, -0.25) is 9.69 Å². The van der Waals surface area contributed by atoms with E-state index in [0.717, 1.165) is 11.4 Å². The molecule has 0 aliphatic carbocycles. The van der Waals surface area contributed by atoms with Crippen molar-refractivity contribution in [3.63, 3.8) is 0 Å². The number of ether oxygens (including phenoxy) is 1. The maximum Gasteiger partial charge on any atom is 0.219 e. The van der Waals surface area contributed by atoms with Gasteiger partial charge in [-0.1, -0.05) is 30.9 Å². The highest BCUT2D eigenvalue weighted by Gasteiger charge is 2.22. The molecule has 1 aromatic heterocycles. The average Bonchev–Trinajstić information content (AvgIpc) is 2.80. The van der Waals surface area contributed by atoms with Crippen LogP contribution in [0.5, 0.6) is 11.5 Å². The molecule has 8 nitrogen and oxygen atoms in total. The first-order valence-corrected chi connectivity index (χ1v) is 10.1. The van der Waals surface area contributed by atoms with Crippen molar-refractivity contribution in [3.8, 4) is 11.5 Å². The third-order valence-corrected chi connectivity index (χ3v) is 4.65. The van der Waals surface area contributed by atoms with Crippen LogP contribution in [0.1, 0.15) is 6.92 Å². The van der Waals surface area contributed by atoms with Gasteiger partial charge in [-0.15, -0.1) is 0 Å². The summed E-state index contributed by atoms with van der Waals surface area (Å²) < 4.78 is 5.86. The first-order chi connectivity index (χ1) is 15.9. The molecule has 0 bridgehead atoms. The molecule has 0 spiro atoms. The maximum atomic E-state index is 12.1. The van der Waals surface area contributed by atoms with Crippen molar-refractivity contribution in [2.75, 3.05) is 22.6 Å². The van der Waals surface area contributed by atoms with Gasteiger partial charge in [0.05, 0.1) is 5.70 Å². The third kappa shape index (κ3) is 5.56. The van der Waals surface area contributed by atoms with Crippen molar-refractivity contribution < 1.29 is 9.53 Å². The fraction of sp³-hybridized carbons (Fsp3) is 0.0800. The topological polar surface area (TPSA) is 111 Å². The zero-order chi connectivity index (χ0) is 23.8. The molecule has 1 heterocycles. The number of nitrogen functional groups attached to an aromatic ring is 1. The fourth-order valence-electron chi connectivity index (χ4n) is 3.16. The van der Waals surface area contributed by atoms with E-state index in [4.69, 9.17) is 16.2 Å². The predicted molar refractivity (Wildman–Crippen MR) is 132 cm³/mol. The number of amides is 1. The van der Waals surface area contributed by atoms with Crippen LogP contribution in [-0.4, -0.2) is 23.4 Å². The minimum absolute atomic E-state index is 0.213. The summed E-state index contributed by atoms with van der Waals surface area (Å²) in [5.41, 5.74) is 14.3. The first kappa shape index (κ1) is 23.1. The minimum atomic E-state index is 0.213. The number of carbonyl (C=O) groups excluding carboxylic acids is 1. The van der Waals surface area contributed by atoms with E-state index in [2.05, 4.69) is 16.5 Å². The van der Waals surface area contributed by atoms with Gasteiger partial charge in [0, 0.05) is 18.4 Å². The molecule has 0 atom stereocenters. The van der Waals surface area contributed by atoms with Gasteiger partial charge in [-0.25, -0.2) is 9.97 Å². The standard InChI is InChI=1S/C25H26N6O2/c1-4-8-20(15-18(2)26)31(17-32)25-23(24(27)28-16-29-25)30(3)19-11-13-22(14-12-19)33-21-9-6-5-7-10-21/h4-17H,1,26H2,2-3H3,(H2,27,28,29)/b18-15+,20-8+. The molecule has 3 aromatic rings. The van der Waals surface area contributed by atoms with Crippen molar-refractivity contribution >= 4 is 29.4 Å². The van der Waals surface area contributed by atoms with Gasteiger partial charge in [0.25, 0.3) is 0 Å². The number of hydrogen-bond donors (Lipinski definition) is 2. The number of aromatic nitrogens is 2. The van der Waals surface area contributed by atoms with Crippen LogP contribution in [-0.2, 0) is 4.79 Å². The minimum Gasteiger partial charge on any atom is -0.457 e. The Morgan fingerprint density at radius 2 is 1.73 bits per heavy atom. The zero-order valence-corrected chi connectivity index (χ0v) is 18.6. The van der Waals surface area contributed by atoms with Crippen LogP contribution in [0.25, 0.3) is 0 Å². The molecule has 1 amide bonds. The van der Waals surface area contributed by atoms with Crippen molar-refractivity contribution in [3.05, 3.63) is 97.1 Å². The number of allylic oxidation sites excluding steroid dienone is 4. The summed E-state index contributed by atoms with van der Waals surface area (Å²) in [6.45, 7) is 5.43. The highest BCUT2D eigenvalue weighted by atomic mass is 16.5. The van der Waals surface area contributed by atoms with Gasteiger partial charge in [0.15, 0.2) is 11.6 Å². The highest BCUT2D eigenvalue weighted by molar-refractivity contribution is 5.91. The summed E-state index contributed by atoms with van der Waals surface area (Å²) in [5, 5.41) is 0. The number of nitrogens with two attached hydrogens (primary N) is 2. The molecular formula is C25H26N6O2. The number of benzene rings is 2. The normalized spacial score (nSPS) is 11.6. The van der Waals surface area contributed by atoms with E-state index in [9.17, 15) is 4.79 Å². The van der Waals surface area contributed by atoms with Crippen molar-refractivity contribution in [2.45, 2.75) is 6.92 Å².